The second-order valence-electron chi connectivity index (χ2n) is 3.81. The molecule has 90 valence electrons. The summed E-state index contributed by atoms with van der Waals surface area (Å²) in [4.78, 5) is 22.8. The highest BCUT2D eigenvalue weighted by atomic mass is 35.5. The van der Waals surface area contributed by atoms with Gasteiger partial charge in [0.25, 0.3) is 0 Å². The lowest BCUT2D eigenvalue weighted by molar-refractivity contribution is 0.0434. The summed E-state index contributed by atoms with van der Waals surface area (Å²) < 4.78 is 5.70. The third kappa shape index (κ3) is 1.42. The lowest BCUT2D eigenvalue weighted by atomic mass is 10.2. The highest BCUT2D eigenvalue weighted by Gasteiger charge is 2.37. The van der Waals surface area contributed by atoms with Crippen LogP contribution in [-0.4, -0.2) is 26.9 Å². The maximum absolute atomic E-state index is 11.5. The Morgan fingerprint density at radius 2 is 2.06 bits per heavy atom. The quantitative estimate of drug-likeness (QED) is 0.576. The number of halogens is 1. The molecule has 0 atom stereocenters. The summed E-state index contributed by atoms with van der Waals surface area (Å²) in [5.74, 6) is -1.53. The van der Waals surface area contributed by atoms with Crippen LogP contribution >= 0.6 is 11.6 Å². The SMILES string of the molecule is Cc1ccc(-n2nnc3c2C(=O)OC3=O)cc1Cl. The molecule has 0 amide bonds. The van der Waals surface area contributed by atoms with Crippen LogP contribution < -0.4 is 0 Å². The average Bonchev–Trinajstić information content (AvgIpc) is 2.87. The van der Waals surface area contributed by atoms with Crippen molar-refractivity contribution in [1.29, 1.82) is 0 Å². The Kier molecular flexibility index (Phi) is 2.21. The van der Waals surface area contributed by atoms with Crippen molar-refractivity contribution >= 4 is 23.5 Å². The van der Waals surface area contributed by atoms with Crippen LogP contribution in [0.1, 0.15) is 26.5 Å². The molecule has 18 heavy (non-hydrogen) atoms. The van der Waals surface area contributed by atoms with Crippen LogP contribution in [0, 0.1) is 6.92 Å². The molecule has 3 rings (SSSR count). The molecular weight excluding hydrogens is 258 g/mol. The number of hydrogen-bond donors (Lipinski definition) is 0. The Morgan fingerprint density at radius 1 is 1.28 bits per heavy atom. The van der Waals surface area contributed by atoms with Crippen LogP contribution in [0.5, 0.6) is 0 Å². The van der Waals surface area contributed by atoms with Gasteiger partial charge in [-0.3, -0.25) is 0 Å². The van der Waals surface area contributed by atoms with Gasteiger partial charge in [0.15, 0.2) is 5.69 Å². The summed E-state index contributed by atoms with van der Waals surface area (Å²) in [5.41, 5.74) is 1.40. The second-order valence-corrected chi connectivity index (χ2v) is 4.22. The summed E-state index contributed by atoms with van der Waals surface area (Å²) in [7, 11) is 0. The van der Waals surface area contributed by atoms with Crippen LogP contribution in [0.2, 0.25) is 5.02 Å². The molecule has 1 aromatic heterocycles. The van der Waals surface area contributed by atoms with Crippen LogP contribution in [0.3, 0.4) is 0 Å². The molecule has 0 unspecified atom stereocenters. The Balaban J connectivity index is 2.19. The molecule has 0 saturated carbocycles. The molecule has 0 fully saturated rings. The first-order chi connectivity index (χ1) is 8.58. The average molecular weight is 264 g/mol. The van der Waals surface area contributed by atoms with E-state index in [9.17, 15) is 9.59 Å². The zero-order valence-electron chi connectivity index (χ0n) is 9.18. The number of aryl methyl sites for hydroxylation is 1. The van der Waals surface area contributed by atoms with Gasteiger partial charge in [-0.05, 0) is 24.6 Å². The molecule has 0 saturated heterocycles. The number of fused-ring (bicyclic) bond motifs is 1. The first-order valence-electron chi connectivity index (χ1n) is 5.06. The maximum Gasteiger partial charge on any atom is 0.369 e. The van der Waals surface area contributed by atoms with Crippen molar-refractivity contribution in [2.24, 2.45) is 0 Å². The number of esters is 2. The summed E-state index contributed by atoms with van der Waals surface area (Å²) >= 11 is 6.00. The van der Waals surface area contributed by atoms with E-state index >= 15 is 0 Å². The second kappa shape index (κ2) is 3.64. The number of nitrogens with zero attached hydrogens (tertiary/aromatic N) is 3. The van der Waals surface area contributed by atoms with Crippen molar-refractivity contribution in [3.05, 3.63) is 40.2 Å². The number of hydrogen-bond acceptors (Lipinski definition) is 5. The number of carbonyl (C=O) groups excluding carboxylic acids is 2. The van der Waals surface area contributed by atoms with Gasteiger partial charge < -0.3 is 4.74 Å². The van der Waals surface area contributed by atoms with Gasteiger partial charge in [-0.2, -0.15) is 0 Å². The normalized spacial score (nSPS) is 13.7. The number of rotatable bonds is 1. The number of carbonyl (C=O) groups is 2. The van der Waals surface area contributed by atoms with Gasteiger partial charge in [0.1, 0.15) is 0 Å². The lowest BCUT2D eigenvalue weighted by Gasteiger charge is -2.04. The first-order valence-corrected chi connectivity index (χ1v) is 5.44. The van der Waals surface area contributed by atoms with E-state index in [-0.39, 0.29) is 11.4 Å². The van der Waals surface area contributed by atoms with Gasteiger partial charge >= 0.3 is 11.9 Å². The van der Waals surface area contributed by atoms with Crippen LogP contribution in [-0.2, 0) is 4.74 Å². The molecule has 0 spiro atoms. The van der Waals surface area contributed by atoms with Crippen molar-refractivity contribution in [1.82, 2.24) is 15.0 Å². The minimum Gasteiger partial charge on any atom is -0.383 e. The summed E-state index contributed by atoms with van der Waals surface area (Å²) in [6, 6.07) is 5.15. The van der Waals surface area contributed by atoms with Crippen molar-refractivity contribution in [3.8, 4) is 5.69 Å². The number of cyclic esters (lactones) is 2. The van der Waals surface area contributed by atoms with Gasteiger partial charge in [0.05, 0.1) is 5.69 Å². The number of benzene rings is 1. The van der Waals surface area contributed by atoms with Gasteiger partial charge in [0, 0.05) is 5.02 Å². The summed E-state index contributed by atoms with van der Waals surface area (Å²) in [5, 5.41) is 7.93. The number of aromatic nitrogens is 3. The zero-order valence-corrected chi connectivity index (χ0v) is 9.93. The largest absolute Gasteiger partial charge is 0.383 e. The fourth-order valence-electron chi connectivity index (χ4n) is 1.68. The highest BCUT2D eigenvalue weighted by molar-refractivity contribution is 6.31. The smallest absolute Gasteiger partial charge is 0.369 e. The fraction of sp³-hybridized carbons (Fsp3) is 0.0909. The topological polar surface area (TPSA) is 74.1 Å². The molecule has 2 aromatic rings. The van der Waals surface area contributed by atoms with Crippen molar-refractivity contribution in [2.75, 3.05) is 0 Å². The summed E-state index contributed by atoms with van der Waals surface area (Å²) in [6.45, 7) is 1.86. The Labute approximate surface area is 106 Å². The highest BCUT2D eigenvalue weighted by Crippen LogP contribution is 2.23. The summed E-state index contributed by atoms with van der Waals surface area (Å²) in [6.07, 6.45) is 0. The van der Waals surface area contributed by atoms with Crippen molar-refractivity contribution in [3.63, 3.8) is 0 Å². The van der Waals surface area contributed by atoms with E-state index in [1.165, 1.54) is 4.68 Å². The molecule has 1 aliphatic rings. The molecule has 1 aromatic carbocycles. The Hall–Kier alpha value is -2.21. The van der Waals surface area contributed by atoms with E-state index in [0.717, 1.165) is 5.56 Å². The third-order valence-electron chi connectivity index (χ3n) is 2.64. The molecular formula is C11H6ClN3O3. The maximum atomic E-state index is 11.5. The Morgan fingerprint density at radius 3 is 2.78 bits per heavy atom. The molecule has 0 N–H and O–H groups in total. The monoisotopic (exact) mass is 263 g/mol. The molecule has 6 nitrogen and oxygen atoms in total. The van der Waals surface area contributed by atoms with Crippen molar-refractivity contribution < 1.29 is 14.3 Å². The molecule has 0 bridgehead atoms. The third-order valence-corrected chi connectivity index (χ3v) is 3.05. The predicted molar refractivity (Wildman–Crippen MR) is 60.9 cm³/mol. The van der Waals surface area contributed by atoms with E-state index in [2.05, 4.69) is 15.0 Å². The van der Waals surface area contributed by atoms with E-state index < -0.39 is 11.9 Å². The molecule has 7 heteroatoms. The van der Waals surface area contributed by atoms with E-state index in [1.807, 2.05) is 6.92 Å². The van der Waals surface area contributed by atoms with Gasteiger partial charge in [-0.25, -0.2) is 14.3 Å². The molecule has 0 radical (unpaired) electrons. The minimum absolute atomic E-state index is 0.0277. The zero-order chi connectivity index (χ0) is 12.9. The minimum atomic E-state index is -0.778. The van der Waals surface area contributed by atoms with E-state index in [4.69, 9.17) is 11.6 Å². The molecule has 1 aliphatic heterocycles. The predicted octanol–water partition coefficient (Wildman–Crippen LogP) is 1.54. The fourth-order valence-corrected chi connectivity index (χ4v) is 1.85. The van der Waals surface area contributed by atoms with E-state index in [0.29, 0.717) is 10.7 Å². The van der Waals surface area contributed by atoms with Gasteiger partial charge in [0.2, 0.25) is 5.69 Å². The molecule has 0 aliphatic carbocycles. The van der Waals surface area contributed by atoms with Crippen LogP contribution in [0.4, 0.5) is 0 Å². The van der Waals surface area contributed by atoms with Gasteiger partial charge in [-0.1, -0.05) is 22.9 Å². The molecule has 2 heterocycles. The Bertz CT molecular complexity index is 693. The standard InChI is InChI=1S/C11H6ClN3O3/c1-5-2-3-6(4-7(5)12)15-9-8(13-14-15)10(16)18-11(9)17/h2-4H,1H3. The van der Waals surface area contributed by atoms with Crippen molar-refractivity contribution in [2.45, 2.75) is 6.92 Å². The van der Waals surface area contributed by atoms with Crippen LogP contribution in [0.15, 0.2) is 18.2 Å². The van der Waals surface area contributed by atoms with Gasteiger partial charge in [-0.15, -0.1) is 5.10 Å². The number of ether oxygens (including phenoxy) is 1. The van der Waals surface area contributed by atoms with E-state index in [1.54, 1.807) is 18.2 Å². The lowest BCUT2D eigenvalue weighted by Crippen LogP contribution is -2.08. The first kappa shape index (κ1) is 10.9. The van der Waals surface area contributed by atoms with Crippen LogP contribution in [0.25, 0.3) is 5.69 Å².